The average molecular weight is 303 g/mol. The smallest absolute Gasteiger partial charge is 0.250 e. The molecule has 1 aromatic carbocycles. The summed E-state index contributed by atoms with van der Waals surface area (Å²) in [6.45, 7) is 7.29. The summed E-state index contributed by atoms with van der Waals surface area (Å²) in [5.41, 5.74) is 6.45. The van der Waals surface area contributed by atoms with E-state index in [0.717, 1.165) is 25.1 Å². The Balaban J connectivity index is 2.11. The predicted octanol–water partition coefficient (Wildman–Crippen LogP) is 1.92. The molecule has 1 unspecified atom stereocenters. The molecule has 3 N–H and O–H groups in total. The third kappa shape index (κ3) is 3.78. The standard InChI is InChI=1S/C17H25N3O2/c1-17(2,3)16(22)19-12-7-6-10-20(11-12)14-9-5-4-8-13(14)15(18)21/h4-5,8-9,12H,6-7,10-11H2,1-3H3,(H2,18,21)(H,19,22). The number of para-hydroxylation sites is 1. The Labute approximate surface area is 131 Å². The number of primary amides is 1. The summed E-state index contributed by atoms with van der Waals surface area (Å²) < 4.78 is 0. The van der Waals surface area contributed by atoms with Crippen molar-refractivity contribution in [2.75, 3.05) is 18.0 Å². The quantitative estimate of drug-likeness (QED) is 0.895. The van der Waals surface area contributed by atoms with Gasteiger partial charge in [-0.15, -0.1) is 0 Å². The maximum absolute atomic E-state index is 12.1. The Bertz CT molecular complexity index is 563. The number of nitrogens with zero attached hydrogens (tertiary/aromatic N) is 1. The number of rotatable bonds is 3. The molecule has 1 aliphatic heterocycles. The summed E-state index contributed by atoms with van der Waals surface area (Å²) >= 11 is 0. The predicted molar refractivity (Wildman–Crippen MR) is 87.8 cm³/mol. The second-order valence-corrected chi connectivity index (χ2v) is 6.89. The van der Waals surface area contributed by atoms with E-state index in [9.17, 15) is 9.59 Å². The molecule has 5 heteroatoms. The van der Waals surface area contributed by atoms with Crippen LogP contribution in [0.15, 0.2) is 24.3 Å². The molecule has 0 aromatic heterocycles. The van der Waals surface area contributed by atoms with Crippen molar-refractivity contribution in [2.24, 2.45) is 11.1 Å². The molecule has 1 saturated heterocycles. The van der Waals surface area contributed by atoms with E-state index >= 15 is 0 Å². The van der Waals surface area contributed by atoms with Crippen molar-refractivity contribution in [2.45, 2.75) is 39.7 Å². The molecular formula is C17H25N3O2. The molecule has 22 heavy (non-hydrogen) atoms. The van der Waals surface area contributed by atoms with Crippen LogP contribution in [0.5, 0.6) is 0 Å². The van der Waals surface area contributed by atoms with E-state index in [2.05, 4.69) is 10.2 Å². The normalized spacial score (nSPS) is 18.9. The highest BCUT2D eigenvalue weighted by Crippen LogP contribution is 2.24. The van der Waals surface area contributed by atoms with Gasteiger partial charge in [-0.05, 0) is 25.0 Å². The monoisotopic (exact) mass is 303 g/mol. The van der Waals surface area contributed by atoms with Crippen LogP contribution in [0.3, 0.4) is 0 Å². The molecule has 1 aliphatic rings. The fraction of sp³-hybridized carbons (Fsp3) is 0.529. The van der Waals surface area contributed by atoms with Gasteiger partial charge in [0.1, 0.15) is 0 Å². The van der Waals surface area contributed by atoms with Crippen LogP contribution >= 0.6 is 0 Å². The second kappa shape index (κ2) is 6.38. The third-order valence-electron chi connectivity index (χ3n) is 3.95. The van der Waals surface area contributed by atoms with E-state index in [-0.39, 0.29) is 11.9 Å². The van der Waals surface area contributed by atoms with Gasteiger partial charge in [0.25, 0.3) is 5.91 Å². The van der Waals surface area contributed by atoms with Crippen LogP contribution in [0.4, 0.5) is 5.69 Å². The molecule has 0 spiro atoms. The van der Waals surface area contributed by atoms with E-state index in [1.54, 1.807) is 6.07 Å². The molecule has 0 aliphatic carbocycles. The highest BCUT2D eigenvalue weighted by atomic mass is 16.2. The summed E-state index contributed by atoms with van der Waals surface area (Å²) in [6, 6.07) is 7.47. The molecule has 2 amide bonds. The Morgan fingerprint density at radius 1 is 1.27 bits per heavy atom. The lowest BCUT2D eigenvalue weighted by molar-refractivity contribution is -0.129. The van der Waals surface area contributed by atoms with Crippen LogP contribution in [-0.2, 0) is 4.79 Å². The van der Waals surface area contributed by atoms with E-state index in [0.29, 0.717) is 12.1 Å². The van der Waals surface area contributed by atoms with Crippen LogP contribution in [0.25, 0.3) is 0 Å². The van der Waals surface area contributed by atoms with Crippen molar-refractivity contribution in [3.63, 3.8) is 0 Å². The first kappa shape index (κ1) is 16.3. The zero-order valence-corrected chi connectivity index (χ0v) is 13.6. The third-order valence-corrected chi connectivity index (χ3v) is 3.95. The largest absolute Gasteiger partial charge is 0.369 e. The first-order chi connectivity index (χ1) is 10.3. The zero-order valence-electron chi connectivity index (χ0n) is 13.6. The van der Waals surface area contributed by atoms with Crippen molar-refractivity contribution >= 4 is 17.5 Å². The fourth-order valence-electron chi connectivity index (χ4n) is 2.67. The van der Waals surface area contributed by atoms with Crippen molar-refractivity contribution < 1.29 is 9.59 Å². The molecule has 0 radical (unpaired) electrons. The molecule has 0 bridgehead atoms. The number of amides is 2. The topological polar surface area (TPSA) is 75.4 Å². The number of benzene rings is 1. The SMILES string of the molecule is CC(C)(C)C(=O)NC1CCCN(c2ccccc2C(N)=O)C1. The molecule has 2 rings (SSSR count). The van der Waals surface area contributed by atoms with E-state index in [1.165, 1.54) is 0 Å². The highest BCUT2D eigenvalue weighted by Gasteiger charge is 2.28. The number of nitrogens with two attached hydrogens (primary N) is 1. The van der Waals surface area contributed by atoms with Crippen LogP contribution in [0.2, 0.25) is 0 Å². The van der Waals surface area contributed by atoms with Crippen LogP contribution < -0.4 is 16.0 Å². The Morgan fingerprint density at radius 2 is 1.95 bits per heavy atom. The molecule has 120 valence electrons. The number of hydrogen-bond donors (Lipinski definition) is 2. The average Bonchev–Trinajstić information content (AvgIpc) is 2.46. The summed E-state index contributed by atoms with van der Waals surface area (Å²) in [7, 11) is 0. The minimum atomic E-state index is -0.420. The Hall–Kier alpha value is -2.04. The van der Waals surface area contributed by atoms with Gasteiger partial charge in [-0.2, -0.15) is 0 Å². The van der Waals surface area contributed by atoms with E-state index in [1.807, 2.05) is 39.0 Å². The molecule has 5 nitrogen and oxygen atoms in total. The minimum Gasteiger partial charge on any atom is -0.369 e. The lowest BCUT2D eigenvalue weighted by atomic mass is 9.94. The number of anilines is 1. The van der Waals surface area contributed by atoms with Gasteiger partial charge in [0.15, 0.2) is 0 Å². The van der Waals surface area contributed by atoms with Gasteiger partial charge in [-0.25, -0.2) is 0 Å². The van der Waals surface area contributed by atoms with Crippen LogP contribution in [0, 0.1) is 5.41 Å². The number of carbonyl (C=O) groups excluding carboxylic acids is 2. The van der Waals surface area contributed by atoms with Crippen molar-refractivity contribution in [1.82, 2.24) is 5.32 Å². The summed E-state index contributed by atoms with van der Waals surface area (Å²) in [5.74, 6) is -0.362. The van der Waals surface area contributed by atoms with Gasteiger partial charge in [-0.3, -0.25) is 9.59 Å². The summed E-state index contributed by atoms with van der Waals surface area (Å²) in [6.07, 6.45) is 1.93. The molecule has 0 saturated carbocycles. The molecule has 1 heterocycles. The van der Waals surface area contributed by atoms with Gasteiger partial charge in [0.05, 0.1) is 5.56 Å². The number of nitrogens with one attached hydrogen (secondary N) is 1. The molecule has 1 atom stereocenters. The van der Waals surface area contributed by atoms with Gasteiger partial charge in [0.2, 0.25) is 5.91 Å². The molecule has 1 fully saturated rings. The van der Waals surface area contributed by atoms with E-state index in [4.69, 9.17) is 5.73 Å². The summed E-state index contributed by atoms with van der Waals surface area (Å²) in [5, 5.41) is 3.11. The Morgan fingerprint density at radius 3 is 2.59 bits per heavy atom. The van der Waals surface area contributed by atoms with Gasteiger partial charge >= 0.3 is 0 Å². The maximum Gasteiger partial charge on any atom is 0.250 e. The lowest BCUT2D eigenvalue weighted by Crippen LogP contribution is -2.50. The van der Waals surface area contributed by atoms with Gasteiger partial charge in [0, 0.05) is 30.2 Å². The minimum absolute atomic E-state index is 0.0579. The van der Waals surface area contributed by atoms with Gasteiger partial charge in [-0.1, -0.05) is 32.9 Å². The van der Waals surface area contributed by atoms with E-state index < -0.39 is 11.3 Å². The van der Waals surface area contributed by atoms with Crippen molar-refractivity contribution in [3.05, 3.63) is 29.8 Å². The first-order valence-electron chi connectivity index (χ1n) is 7.74. The summed E-state index contributed by atoms with van der Waals surface area (Å²) in [4.78, 5) is 25.9. The van der Waals surface area contributed by atoms with Crippen molar-refractivity contribution in [3.8, 4) is 0 Å². The number of hydrogen-bond acceptors (Lipinski definition) is 3. The second-order valence-electron chi connectivity index (χ2n) is 6.89. The maximum atomic E-state index is 12.1. The number of piperidine rings is 1. The highest BCUT2D eigenvalue weighted by molar-refractivity contribution is 5.98. The van der Waals surface area contributed by atoms with Crippen LogP contribution in [-0.4, -0.2) is 30.9 Å². The van der Waals surface area contributed by atoms with Crippen molar-refractivity contribution in [1.29, 1.82) is 0 Å². The fourth-order valence-corrected chi connectivity index (χ4v) is 2.67. The number of carbonyl (C=O) groups is 2. The Kier molecular flexibility index (Phi) is 4.74. The zero-order chi connectivity index (χ0) is 16.3. The molecular weight excluding hydrogens is 278 g/mol. The van der Waals surface area contributed by atoms with Gasteiger partial charge < -0.3 is 16.0 Å². The van der Waals surface area contributed by atoms with Crippen LogP contribution in [0.1, 0.15) is 44.0 Å². The molecule has 1 aromatic rings. The lowest BCUT2D eigenvalue weighted by Gasteiger charge is -2.36. The first-order valence-corrected chi connectivity index (χ1v) is 7.74.